The van der Waals surface area contributed by atoms with Crippen molar-refractivity contribution in [3.8, 4) is 0 Å². The zero-order chi connectivity index (χ0) is 11.4. The molecule has 3 saturated heterocycles. The maximum Gasteiger partial charge on any atom is 0.137 e. The van der Waals surface area contributed by atoms with Gasteiger partial charge in [-0.25, -0.2) is 4.98 Å². The lowest BCUT2D eigenvalue weighted by atomic mass is 9.98. The highest BCUT2D eigenvalue weighted by Crippen LogP contribution is 2.32. The molecule has 5 rings (SSSR count). The summed E-state index contributed by atoms with van der Waals surface area (Å²) in [6.07, 6.45) is 6.09. The van der Waals surface area contributed by atoms with Crippen LogP contribution in [-0.2, 0) is 4.74 Å². The van der Waals surface area contributed by atoms with Crippen LogP contribution in [0.4, 0.5) is 5.69 Å². The molecule has 0 radical (unpaired) electrons. The number of nitrogens with one attached hydrogen (secondary N) is 1. The second kappa shape index (κ2) is 3.23. The summed E-state index contributed by atoms with van der Waals surface area (Å²) in [6.45, 7) is 4.13. The average Bonchev–Trinajstić information content (AvgIpc) is 2.70. The molecule has 0 amide bonds. The molecule has 1 N–H and O–H groups in total. The highest BCUT2D eigenvalue weighted by Gasteiger charge is 2.38. The topological polar surface area (TPSA) is 41.2 Å². The summed E-state index contributed by atoms with van der Waals surface area (Å²) in [6, 6.07) is 2.24. The number of aryl methyl sites for hydroxylation is 1. The number of nitrogens with zero attached hydrogens (tertiary/aromatic N) is 2. The van der Waals surface area contributed by atoms with Crippen LogP contribution in [0.15, 0.2) is 18.5 Å². The van der Waals surface area contributed by atoms with Crippen molar-refractivity contribution < 1.29 is 4.74 Å². The van der Waals surface area contributed by atoms with Crippen LogP contribution >= 0.6 is 0 Å². The molecule has 2 atom stereocenters. The molecule has 0 aliphatic carbocycles. The molecule has 4 nitrogen and oxygen atoms in total. The number of ether oxygens (including phenoxy) is 1. The third kappa shape index (κ3) is 1.37. The third-order valence-corrected chi connectivity index (χ3v) is 3.85. The van der Waals surface area contributed by atoms with Gasteiger partial charge in [0.15, 0.2) is 0 Å². The van der Waals surface area contributed by atoms with E-state index in [4.69, 9.17) is 4.74 Å². The Morgan fingerprint density at radius 2 is 2.18 bits per heavy atom. The highest BCUT2D eigenvalue weighted by atomic mass is 16.5. The monoisotopic (exact) mass is 229 g/mol. The summed E-state index contributed by atoms with van der Waals surface area (Å²) in [4.78, 5) is 10.1. The van der Waals surface area contributed by atoms with Gasteiger partial charge < -0.3 is 14.6 Å². The zero-order valence-electron chi connectivity index (χ0n) is 9.81. The van der Waals surface area contributed by atoms with Crippen molar-refractivity contribution in [2.75, 3.05) is 18.0 Å². The van der Waals surface area contributed by atoms with Crippen LogP contribution in [0.5, 0.6) is 0 Å². The minimum atomic E-state index is 0.441. The molecule has 2 bridgehead atoms. The Morgan fingerprint density at radius 3 is 2.94 bits per heavy atom. The van der Waals surface area contributed by atoms with Gasteiger partial charge in [-0.1, -0.05) is 0 Å². The SMILES string of the molecule is Cc1c[nH]c2ncc(N3CC4CC(C3)O4)cc12. The molecule has 3 aliphatic heterocycles. The predicted octanol–water partition coefficient (Wildman–Crippen LogP) is 1.85. The molecule has 4 heteroatoms. The largest absolute Gasteiger partial charge is 0.371 e. The Balaban J connectivity index is 1.72. The standard InChI is InChI=1S/C13H15N3O/c1-8-4-14-13-12(8)2-9(5-15-13)16-6-10-3-11(7-16)17-10/h2,4-5,10-11H,3,6-7H2,1H3,(H,14,15). The fourth-order valence-electron chi connectivity index (χ4n) is 2.86. The van der Waals surface area contributed by atoms with Crippen LogP contribution in [0.2, 0.25) is 0 Å². The van der Waals surface area contributed by atoms with Crippen molar-refractivity contribution >= 4 is 16.7 Å². The van der Waals surface area contributed by atoms with Crippen molar-refractivity contribution in [1.29, 1.82) is 0 Å². The van der Waals surface area contributed by atoms with Crippen LogP contribution in [0.1, 0.15) is 12.0 Å². The number of fused-ring (bicyclic) bond motifs is 3. The number of hydrogen-bond donors (Lipinski definition) is 1. The van der Waals surface area contributed by atoms with E-state index in [1.54, 1.807) is 0 Å². The van der Waals surface area contributed by atoms with Gasteiger partial charge in [0.2, 0.25) is 0 Å². The van der Waals surface area contributed by atoms with Gasteiger partial charge in [-0.05, 0) is 18.6 Å². The van der Waals surface area contributed by atoms with E-state index in [0.717, 1.165) is 18.7 Å². The first-order valence-corrected chi connectivity index (χ1v) is 6.14. The average molecular weight is 229 g/mol. The van der Waals surface area contributed by atoms with Crippen LogP contribution < -0.4 is 4.90 Å². The Morgan fingerprint density at radius 1 is 1.41 bits per heavy atom. The number of hydrogen-bond acceptors (Lipinski definition) is 3. The van der Waals surface area contributed by atoms with Gasteiger partial charge in [0, 0.05) is 31.1 Å². The maximum atomic E-state index is 5.65. The minimum absolute atomic E-state index is 0.441. The molecule has 0 saturated carbocycles. The van der Waals surface area contributed by atoms with E-state index < -0.39 is 0 Å². The normalized spacial score (nSPS) is 27.2. The number of aromatic amines is 1. The highest BCUT2D eigenvalue weighted by molar-refractivity contribution is 5.82. The van der Waals surface area contributed by atoms with E-state index in [-0.39, 0.29) is 0 Å². The molecular formula is C13H15N3O. The third-order valence-electron chi connectivity index (χ3n) is 3.85. The summed E-state index contributed by atoms with van der Waals surface area (Å²) in [5, 5.41) is 1.22. The molecule has 3 fully saturated rings. The second-order valence-electron chi connectivity index (χ2n) is 5.08. The van der Waals surface area contributed by atoms with E-state index in [2.05, 4.69) is 27.9 Å². The Bertz CT molecular complexity index is 561. The van der Waals surface area contributed by atoms with Crippen LogP contribution in [0, 0.1) is 6.92 Å². The summed E-state index contributed by atoms with van der Waals surface area (Å²) in [5.41, 5.74) is 3.45. The second-order valence-corrected chi connectivity index (χ2v) is 5.08. The lowest BCUT2D eigenvalue weighted by Gasteiger charge is -2.47. The summed E-state index contributed by atoms with van der Waals surface area (Å²) < 4.78 is 5.65. The van der Waals surface area contributed by atoms with Gasteiger partial charge in [-0.2, -0.15) is 0 Å². The molecule has 3 aliphatic rings. The van der Waals surface area contributed by atoms with Crippen molar-refractivity contribution in [2.24, 2.45) is 0 Å². The molecular weight excluding hydrogens is 214 g/mol. The Labute approximate surface area is 99.6 Å². The first-order chi connectivity index (χ1) is 8.29. The molecule has 5 heterocycles. The molecule has 17 heavy (non-hydrogen) atoms. The number of rotatable bonds is 1. The minimum Gasteiger partial charge on any atom is -0.371 e. The number of morpholine rings is 1. The van der Waals surface area contributed by atoms with Crippen molar-refractivity contribution in [1.82, 2.24) is 9.97 Å². The Hall–Kier alpha value is -1.55. The van der Waals surface area contributed by atoms with E-state index in [1.165, 1.54) is 23.1 Å². The first kappa shape index (κ1) is 9.48. The number of H-pyrrole nitrogens is 1. The smallest absolute Gasteiger partial charge is 0.137 e. The Kier molecular flexibility index (Phi) is 1.80. The molecule has 2 aromatic rings. The molecule has 2 aromatic heterocycles. The van der Waals surface area contributed by atoms with Crippen LogP contribution in [0.25, 0.3) is 11.0 Å². The van der Waals surface area contributed by atoms with Gasteiger partial charge in [0.1, 0.15) is 5.65 Å². The van der Waals surface area contributed by atoms with Crippen LogP contribution in [-0.4, -0.2) is 35.3 Å². The van der Waals surface area contributed by atoms with E-state index in [0.29, 0.717) is 12.2 Å². The lowest BCUT2D eigenvalue weighted by Crippen LogP contribution is -2.57. The quantitative estimate of drug-likeness (QED) is 0.811. The molecule has 0 spiro atoms. The zero-order valence-corrected chi connectivity index (χ0v) is 9.81. The fourth-order valence-corrected chi connectivity index (χ4v) is 2.86. The first-order valence-electron chi connectivity index (χ1n) is 6.14. The fraction of sp³-hybridized carbons (Fsp3) is 0.462. The van der Waals surface area contributed by atoms with Gasteiger partial charge in [0.05, 0.1) is 24.1 Å². The van der Waals surface area contributed by atoms with Gasteiger partial charge in [-0.15, -0.1) is 0 Å². The van der Waals surface area contributed by atoms with E-state index in [1.807, 2.05) is 12.4 Å². The van der Waals surface area contributed by atoms with Crippen molar-refractivity contribution in [3.05, 3.63) is 24.0 Å². The van der Waals surface area contributed by atoms with E-state index in [9.17, 15) is 0 Å². The summed E-state index contributed by atoms with van der Waals surface area (Å²) in [5.74, 6) is 0. The molecule has 88 valence electrons. The van der Waals surface area contributed by atoms with Crippen molar-refractivity contribution in [3.63, 3.8) is 0 Å². The van der Waals surface area contributed by atoms with Crippen molar-refractivity contribution in [2.45, 2.75) is 25.6 Å². The molecule has 2 unspecified atom stereocenters. The number of pyridine rings is 1. The summed E-state index contributed by atoms with van der Waals surface area (Å²) in [7, 11) is 0. The van der Waals surface area contributed by atoms with Gasteiger partial charge in [0.25, 0.3) is 0 Å². The maximum absolute atomic E-state index is 5.65. The summed E-state index contributed by atoms with van der Waals surface area (Å²) >= 11 is 0. The number of piperidine rings is 1. The number of anilines is 1. The van der Waals surface area contributed by atoms with E-state index >= 15 is 0 Å². The van der Waals surface area contributed by atoms with Gasteiger partial charge in [-0.3, -0.25) is 0 Å². The van der Waals surface area contributed by atoms with Gasteiger partial charge >= 0.3 is 0 Å². The lowest BCUT2D eigenvalue weighted by molar-refractivity contribution is -0.133. The van der Waals surface area contributed by atoms with Crippen LogP contribution in [0.3, 0.4) is 0 Å². The number of aromatic nitrogens is 2. The molecule has 0 aromatic carbocycles. The predicted molar refractivity (Wildman–Crippen MR) is 66.3 cm³/mol.